The quantitative estimate of drug-likeness (QED) is 0.749. The average Bonchev–Trinajstić information content (AvgIpc) is 2.44. The molecule has 5 nitrogen and oxygen atoms in total. The molecule has 2 heterocycles. The van der Waals surface area contributed by atoms with Crippen molar-refractivity contribution in [3.8, 4) is 0 Å². The number of nitrogen functional groups attached to an aromatic ring is 1. The molecule has 1 amide bonds. The zero-order valence-electron chi connectivity index (χ0n) is 13.6. The second kappa shape index (κ2) is 5.38. The van der Waals surface area contributed by atoms with Gasteiger partial charge in [0.1, 0.15) is 5.60 Å². The predicted octanol–water partition coefficient (Wildman–Crippen LogP) is 2.64. The molecule has 0 aliphatic carbocycles. The van der Waals surface area contributed by atoms with Crippen molar-refractivity contribution in [2.75, 3.05) is 30.3 Å². The summed E-state index contributed by atoms with van der Waals surface area (Å²) in [6.45, 7) is 8.00. The van der Waals surface area contributed by atoms with Crippen LogP contribution in [-0.2, 0) is 11.2 Å². The first kappa shape index (κ1) is 15.0. The third-order valence-electron chi connectivity index (χ3n) is 4.29. The maximum atomic E-state index is 12.2. The highest BCUT2D eigenvalue weighted by Crippen LogP contribution is 2.34. The van der Waals surface area contributed by atoms with Crippen LogP contribution in [0.1, 0.15) is 32.8 Å². The third-order valence-corrected chi connectivity index (χ3v) is 4.29. The van der Waals surface area contributed by atoms with E-state index < -0.39 is 5.60 Å². The van der Waals surface area contributed by atoms with Gasteiger partial charge in [-0.3, -0.25) is 0 Å². The predicted molar refractivity (Wildman–Crippen MR) is 88.1 cm³/mol. The SMILES string of the molecule is CC(C)(C)OC(=O)N1CCN2c3ccc(N)cc3CCC2C1. The molecule has 5 heteroatoms. The molecular weight excluding hydrogens is 278 g/mol. The maximum absolute atomic E-state index is 12.2. The Morgan fingerprint density at radius 2 is 2.09 bits per heavy atom. The third kappa shape index (κ3) is 2.98. The van der Waals surface area contributed by atoms with E-state index in [-0.39, 0.29) is 6.09 Å². The summed E-state index contributed by atoms with van der Waals surface area (Å²) in [5.74, 6) is 0. The lowest BCUT2D eigenvalue weighted by Crippen LogP contribution is -2.57. The van der Waals surface area contributed by atoms with Gasteiger partial charge in [0.15, 0.2) is 0 Å². The molecular formula is C17H25N3O2. The number of fused-ring (bicyclic) bond motifs is 3. The lowest BCUT2D eigenvalue weighted by Gasteiger charge is -2.46. The molecule has 0 spiro atoms. The van der Waals surface area contributed by atoms with E-state index in [0.717, 1.165) is 31.6 Å². The van der Waals surface area contributed by atoms with Gasteiger partial charge in [-0.2, -0.15) is 0 Å². The van der Waals surface area contributed by atoms with Crippen molar-refractivity contribution in [3.05, 3.63) is 23.8 Å². The van der Waals surface area contributed by atoms with Crippen molar-refractivity contribution >= 4 is 17.5 Å². The van der Waals surface area contributed by atoms with Crippen LogP contribution < -0.4 is 10.6 Å². The lowest BCUT2D eigenvalue weighted by molar-refractivity contribution is 0.0210. The zero-order valence-corrected chi connectivity index (χ0v) is 13.6. The Morgan fingerprint density at radius 1 is 1.32 bits per heavy atom. The van der Waals surface area contributed by atoms with Crippen LogP contribution >= 0.6 is 0 Å². The number of amides is 1. The Morgan fingerprint density at radius 3 is 2.82 bits per heavy atom. The fourth-order valence-corrected chi connectivity index (χ4v) is 3.32. The smallest absolute Gasteiger partial charge is 0.410 e. The molecule has 0 bridgehead atoms. The first-order chi connectivity index (χ1) is 10.3. The van der Waals surface area contributed by atoms with Crippen LogP contribution in [0.2, 0.25) is 0 Å². The lowest BCUT2D eigenvalue weighted by atomic mass is 9.93. The monoisotopic (exact) mass is 303 g/mol. The van der Waals surface area contributed by atoms with E-state index in [1.807, 2.05) is 31.7 Å². The Bertz CT molecular complexity index is 580. The van der Waals surface area contributed by atoms with E-state index in [4.69, 9.17) is 10.5 Å². The van der Waals surface area contributed by atoms with Crippen molar-refractivity contribution in [2.45, 2.75) is 45.3 Å². The number of rotatable bonds is 0. The van der Waals surface area contributed by atoms with Crippen LogP contribution in [0, 0.1) is 0 Å². The summed E-state index contributed by atoms with van der Waals surface area (Å²) in [5, 5.41) is 0. The Balaban J connectivity index is 1.71. The zero-order chi connectivity index (χ0) is 15.9. The van der Waals surface area contributed by atoms with Gasteiger partial charge in [0, 0.05) is 37.1 Å². The molecule has 2 aliphatic rings. The second-order valence-corrected chi connectivity index (χ2v) is 7.20. The average molecular weight is 303 g/mol. The molecule has 1 aromatic rings. The van der Waals surface area contributed by atoms with Crippen molar-refractivity contribution in [3.63, 3.8) is 0 Å². The number of hydrogen-bond acceptors (Lipinski definition) is 4. The van der Waals surface area contributed by atoms with Crippen LogP contribution in [0.25, 0.3) is 0 Å². The highest BCUT2D eigenvalue weighted by atomic mass is 16.6. The highest BCUT2D eigenvalue weighted by molar-refractivity contribution is 5.69. The minimum absolute atomic E-state index is 0.199. The van der Waals surface area contributed by atoms with Crippen molar-refractivity contribution in [2.24, 2.45) is 0 Å². The molecule has 0 aromatic heterocycles. The molecule has 1 saturated heterocycles. The van der Waals surface area contributed by atoms with Gasteiger partial charge in [-0.05, 0) is 57.4 Å². The molecule has 0 saturated carbocycles. The van der Waals surface area contributed by atoms with Gasteiger partial charge < -0.3 is 20.3 Å². The fourth-order valence-electron chi connectivity index (χ4n) is 3.32. The van der Waals surface area contributed by atoms with Gasteiger partial charge in [-0.25, -0.2) is 4.79 Å². The molecule has 1 atom stereocenters. The molecule has 2 N–H and O–H groups in total. The number of ether oxygens (including phenoxy) is 1. The Kier molecular flexibility index (Phi) is 3.67. The summed E-state index contributed by atoms with van der Waals surface area (Å²) in [4.78, 5) is 16.5. The largest absolute Gasteiger partial charge is 0.444 e. The number of nitrogens with zero attached hydrogens (tertiary/aromatic N) is 2. The second-order valence-electron chi connectivity index (χ2n) is 7.20. The van der Waals surface area contributed by atoms with Gasteiger partial charge in [0.05, 0.1) is 0 Å². The summed E-state index contributed by atoms with van der Waals surface area (Å²) < 4.78 is 5.49. The first-order valence-corrected chi connectivity index (χ1v) is 7.96. The maximum Gasteiger partial charge on any atom is 0.410 e. The van der Waals surface area contributed by atoms with Crippen LogP contribution in [0.5, 0.6) is 0 Å². The number of anilines is 2. The van der Waals surface area contributed by atoms with E-state index in [2.05, 4.69) is 17.0 Å². The molecule has 22 heavy (non-hydrogen) atoms. The molecule has 3 rings (SSSR count). The first-order valence-electron chi connectivity index (χ1n) is 7.96. The number of carbonyl (C=O) groups excluding carboxylic acids is 1. The van der Waals surface area contributed by atoms with E-state index in [0.29, 0.717) is 12.6 Å². The van der Waals surface area contributed by atoms with Crippen LogP contribution in [0.4, 0.5) is 16.2 Å². The van der Waals surface area contributed by atoms with Gasteiger partial charge in [0.2, 0.25) is 0 Å². The number of carbonyl (C=O) groups is 1. The van der Waals surface area contributed by atoms with Crippen molar-refractivity contribution < 1.29 is 9.53 Å². The van der Waals surface area contributed by atoms with Crippen LogP contribution in [0.3, 0.4) is 0 Å². The summed E-state index contributed by atoms with van der Waals surface area (Å²) in [6.07, 6.45) is 1.87. The number of piperazine rings is 1. The van der Waals surface area contributed by atoms with Crippen LogP contribution in [0.15, 0.2) is 18.2 Å². The summed E-state index contributed by atoms with van der Waals surface area (Å²) in [6, 6.07) is 6.52. The number of nitrogens with two attached hydrogens (primary N) is 1. The van der Waals surface area contributed by atoms with E-state index in [9.17, 15) is 4.79 Å². The highest BCUT2D eigenvalue weighted by Gasteiger charge is 2.34. The molecule has 2 aliphatic heterocycles. The number of hydrogen-bond donors (Lipinski definition) is 1. The standard InChI is InChI=1S/C17H25N3O2/c1-17(2,3)22-16(21)19-8-9-20-14(11-19)6-4-12-10-13(18)5-7-15(12)20/h5,7,10,14H,4,6,8-9,11,18H2,1-3H3. The van der Waals surface area contributed by atoms with Crippen LogP contribution in [-0.4, -0.2) is 42.3 Å². The van der Waals surface area contributed by atoms with E-state index in [1.54, 1.807) is 0 Å². The van der Waals surface area contributed by atoms with Gasteiger partial charge in [0.25, 0.3) is 0 Å². The van der Waals surface area contributed by atoms with Gasteiger partial charge in [-0.1, -0.05) is 0 Å². The number of benzene rings is 1. The minimum atomic E-state index is -0.440. The van der Waals surface area contributed by atoms with E-state index in [1.165, 1.54) is 11.3 Å². The summed E-state index contributed by atoms with van der Waals surface area (Å²) in [5.41, 5.74) is 8.86. The molecule has 120 valence electrons. The molecule has 1 unspecified atom stereocenters. The minimum Gasteiger partial charge on any atom is -0.444 e. The molecule has 1 fully saturated rings. The number of aryl methyl sites for hydroxylation is 1. The Labute approximate surface area is 132 Å². The summed E-state index contributed by atoms with van der Waals surface area (Å²) in [7, 11) is 0. The van der Waals surface area contributed by atoms with Gasteiger partial charge >= 0.3 is 6.09 Å². The molecule has 1 aromatic carbocycles. The van der Waals surface area contributed by atoms with Gasteiger partial charge in [-0.15, -0.1) is 0 Å². The summed E-state index contributed by atoms with van der Waals surface area (Å²) >= 11 is 0. The molecule has 0 radical (unpaired) electrons. The fraction of sp³-hybridized carbons (Fsp3) is 0.588. The van der Waals surface area contributed by atoms with Crippen molar-refractivity contribution in [1.29, 1.82) is 0 Å². The topological polar surface area (TPSA) is 58.8 Å². The Hall–Kier alpha value is -1.91. The normalized spacial score (nSPS) is 21.1. The van der Waals surface area contributed by atoms with Crippen molar-refractivity contribution in [1.82, 2.24) is 4.90 Å². The van der Waals surface area contributed by atoms with E-state index >= 15 is 0 Å².